The number of fused-ring (bicyclic) bond motifs is 1. The molecule has 1 aliphatic rings. The minimum Gasteiger partial charge on any atom is -0.505 e. The average Bonchev–Trinajstić information content (AvgIpc) is 2.75. The molecule has 110 valence electrons. The number of aryl methyl sites for hydroxylation is 1. The molecule has 0 radical (unpaired) electrons. The molecule has 2 atom stereocenters. The highest BCUT2D eigenvalue weighted by molar-refractivity contribution is 7.71. The molecule has 1 aromatic heterocycles. The number of hydrogen-bond acceptors (Lipinski definition) is 5. The number of aromatic nitrogens is 1. The zero-order chi connectivity index (χ0) is 15.1. The van der Waals surface area contributed by atoms with Gasteiger partial charge >= 0.3 is 0 Å². The molecule has 0 saturated carbocycles. The second kappa shape index (κ2) is 5.14. The number of nitrogens with zero attached hydrogens (tertiary/aromatic N) is 1. The first kappa shape index (κ1) is 14.1. The third-order valence-corrected chi connectivity index (χ3v) is 3.99. The van der Waals surface area contributed by atoms with Crippen molar-refractivity contribution in [2.24, 2.45) is 0 Å². The Bertz CT molecular complexity index is 796. The van der Waals surface area contributed by atoms with Gasteiger partial charge in [-0.25, -0.2) is 0 Å². The lowest BCUT2D eigenvalue weighted by atomic mass is 10.1. The van der Waals surface area contributed by atoms with Crippen molar-refractivity contribution < 1.29 is 20.1 Å². The van der Waals surface area contributed by atoms with Crippen LogP contribution in [0.25, 0.3) is 16.7 Å². The van der Waals surface area contributed by atoms with Crippen molar-refractivity contribution in [1.29, 1.82) is 0 Å². The van der Waals surface area contributed by atoms with Gasteiger partial charge in [-0.15, -0.1) is 0 Å². The smallest absolute Gasteiger partial charge is 0.241 e. The summed E-state index contributed by atoms with van der Waals surface area (Å²) in [5.74, 6) is -0.259. The molecule has 1 aromatic carbocycles. The molecule has 6 heteroatoms. The van der Waals surface area contributed by atoms with E-state index >= 15 is 0 Å². The van der Waals surface area contributed by atoms with E-state index in [9.17, 15) is 10.2 Å². The summed E-state index contributed by atoms with van der Waals surface area (Å²) < 4.78 is 7.37. The highest BCUT2D eigenvalue weighted by Crippen LogP contribution is 2.29. The molecule has 0 bridgehead atoms. The number of ether oxygens (including phenoxy) is 1. The maximum absolute atomic E-state index is 9.98. The molecular weight excluding hydrogens is 290 g/mol. The highest BCUT2D eigenvalue weighted by atomic mass is 32.1. The molecule has 2 aromatic rings. The van der Waals surface area contributed by atoms with E-state index in [1.165, 1.54) is 4.57 Å². The van der Waals surface area contributed by atoms with Crippen molar-refractivity contribution in [3.63, 3.8) is 0 Å². The number of aliphatic hydroxyl groups is 3. The van der Waals surface area contributed by atoms with Crippen LogP contribution >= 0.6 is 12.2 Å². The number of rotatable bonds is 2. The first-order valence-corrected chi connectivity index (χ1v) is 6.95. The summed E-state index contributed by atoms with van der Waals surface area (Å²) in [7, 11) is 0. The molecule has 0 aliphatic carbocycles. The maximum atomic E-state index is 9.98. The van der Waals surface area contributed by atoms with E-state index in [1.807, 2.05) is 31.2 Å². The van der Waals surface area contributed by atoms with E-state index in [0.29, 0.717) is 4.64 Å². The summed E-state index contributed by atoms with van der Waals surface area (Å²) in [6, 6.07) is 7.75. The van der Waals surface area contributed by atoms with Crippen LogP contribution in [-0.4, -0.2) is 38.7 Å². The Balaban J connectivity index is 2.16. The van der Waals surface area contributed by atoms with Gasteiger partial charge in [0.05, 0.1) is 6.61 Å². The average molecular weight is 305 g/mol. The monoisotopic (exact) mass is 305 g/mol. The van der Waals surface area contributed by atoms with Gasteiger partial charge in [0.1, 0.15) is 4.64 Å². The minimum absolute atomic E-state index is 0.0639. The molecule has 0 saturated heterocycles. The fraction of sp³-hybridized carbons (Fsp3) is 0.267. The molecule has 1 unspecified atom stereocenters. The lowest BCUT2D eigenvalue weighted by Crippen LogP contribution is -2.27. The van der Waals surface area contributed by atoms with Crippen molar-refractivity contribution in [2.75, 3.05) is 6.61 Å². The number of hydrogen-bond donors (Lipinski definition) is 3. The zero-order valence-corrected chi connectivity index (χ0v) is 12.2. The number of benzene rings is 1. The van der Waals surface area contributed by atoms with E-state index in [4.69, 9.17) is 22.1 Å². The van der Waals surface area contributed by atoms with Crippen LogP contribution in [0.5, 0.6) is 0 Å². The molecule has 5 nitrogen and oxygen atoms in total. The SMILES string of the molecule is Cc1ccc2c(=S)n(C3=C(O)C(O)[C@@H](CO)O3)ccc2c1. The van der Waals surface area contributed by atoms with Crippen molar-refractivity contribution in [3.8, 4) is 0 Å². The summed E-state index contributed by atoms with van der Waals surface area (Å²) >= 11 is 5.43. The minimum atomic E-state index is -1.25. The van der Waals surface area contributed by atoms with E-state index in [2.05, 4.69) is 0 Å². The molecule has 3 rings (SSSR count). The summed E-state index contributed by atoms with van der Waals surface area (Å²) in [5, 5.41) is 30.7. The molecule has 3 N–H and O–H groups in total. The van der Waals surface area contributed by atoms with E-state index in [-0.39, 0.29) is 11.6 Å². The van der Waals surface area contributed by atoms with Gasteiger partial charge in [-0.3, -0.25) is 4.57 Å². The van der Waals surface area contributed by atoms with E-state index in [0.717, 1.165) is 16.3 Å². The molecule has 1 aliphatic heterocycles. The molecular formula is C15H15NO4S. The van der Waals surface area contributed by atoms with Crippen molar-refractivity contribution in [3.05, 3.63) is 46.4 Å². The van der Waals surface area contributed by atoms with Gasteiger partial charge in [0.25, 0.3) is 0 Å². The Morgan fingerprint density at radius 3 is 2.76 bits per heavy atom. The molecule has 2 heterocycles. The highest BCUT2D eigenvalue weighted by Gasteiger charge is 2.36. The Labute approximate surface area is 126 Å². The van der Waals surface area contributed by atoms with Crippen LogP contribution < -0.4 is 0 Å². The Hall–Kier alpha value is -1.89. The van der Waals surface area contributed by atoms with Gasteiger partial charge in [0, 0.05) is 11.6 Å². The van der Waals surface area contributed by atoms with Crippen LogP contribution in [0.1, 0.15) is 5.56 Å². The predicted molar refractivity (Wildman–Crippen MR) is 81.3 cm³/mol. The third kappa shape index (κ3) is 2.21. The Kier molecular flexibility index (Phi) is 3.44. The third-order valence-electron chi connectivity index (χ3n) is 3.57. The lowest BCUT2D eigenvalue weighted by Gasteiger charge is -2.13. The lowest BCUT2D eigenvalue weighted by molar-refractivity contribution is 0.0138. The largest absolute Gasteiger partial charge is 0.505 e. The van der Waals surface area contributed by atoms with Gasteiger partial charge < -0.3 is 20.1 Å². The quantitative estimate of drug-likeness (QED) is 0.741. The topological polar surface area (TPSA) is 74.9 Å². The molecule has 0 amide bonds. The second-order valence-electron chi connectivity index (χ2n) is 5.06. The van der Waals surface area contributed by atoms with Crippen LogP contribution in [-0.2, 0) is 4.74 Å². The normalized spacial score (nSPS) is 21.9. The number of pyridine rings is 1. The van der Waals surface area contributed by atoms with Gasteiger partial charge in [0.15, 0.2) is 18.0 Å². The van der Waals surface area contributed by atoms with E-state index in [1.54, 1.807) is 6.20 Å². The predicted octanol–water partition coefficient (Wildman–Crippen LogP) is 2.12. The Morgan fingerprint density at radius 2 is 2.10 bits per heavy atom. The molecule has 0 fully saturated rings. The summed E-state index contributed by atoms with van der Waals surface area (Å²) in [6.07, 6.45) is -0.446. The van der Waals surface area contributed by atoms with Crippen molar-refractivity contribution in [2.45, 2.75) is 19.1 Å². The van der Waals surface area contributed by atoms with Gasteiger partial charge in [-0.2, -0.15) is 0 Å². The van der Waals surface area contributed by atoms with Crippen LogP contribution in [0.15, 0.2) is 36.2 Å². The zero-order valence-electron chi connectivity index (χ0n) is 11.4. The van der Waals surface area contributed by atoms with Crippen LogP contribution in [0.4, 0.5) is 0 Å². The summed E-state index contributed by atoms with van der Waals surface area (Å²) in [6.45, 7) is 1.61. The Morgan fingerprint density at radius 1 is 1.33 bits per heavy atom. The summed E-state index contributed by atoms with van der Waals surface area (Å²) in [4.78, 5) is 0. The molecule has 0 spiro atoms. The van der Waals surface area contributed by atoms with Gasteiger partial charge in [-0.05, 0) is 18.4 Å². The van der Waals surface area contributed by atoms with E-state index < -0.39 is 18.8 Å². The van der Waals surface area contributed by atoms with Crippen LogP contribution in [0.3, 0.4) is 0 Å². The fourth-order valence-corrected chi connectivity index (χ4v) is 2.74. The fourth-order valence-electron chi connectivity index (χ4n) is 2.42. The van der Waals surface area contributed by atoms with Crippen LogP contribution in [0, 0.1) is 11.6 Å². The first-order valence-electron chi connectivity index (χ1n) is 6.54. The van der Waals surface area contributed by atoms with Gasteiger partial charge in [0.2, 0.25) is 5.88 Å². The second-order valence-corrected chi connectivity index (χ2v) is 5.44. The first-order chi connectivity index (χ1) is 10.0. The molecule has 21 heavy (non-hydrogen) atoms. The summed E-state index contributed by atoms with van der Waals surface area (Å²) in [5.41, 5.74) is 1.13. The van der Waals surface area contributed by atoms with Crippen molar-refractivity contribution in [1.82, 2.24) is 4.57 Å². The van der Waals surface area contributed by atoms with Gasteiger partial charge in [-0.1, -0.05) is 36.0 Å². The maximum Gasteiger partial charge on any atom is 0.241 e. The van der Waals surface area contributed by atoms with Crippen LogP contribution in [0.2, 0.25) is 0 Å². The van der Waals surface area contributed by atoms with Crippen molar-refractivity contribution >= 4 is 28.9 Å². The standard InChI is InChI=1S/C15H15NO4S/c1-8-2-3-10-9(6-8)4-5-16(15(10)21)14-13(19)12(18)11(7-17)20-14/h2-6,11-12,17-19H,7H2,1H3/t11-,12?/m1/s1. The number of aliphatic hydroxyl groups excluding tert-OH is 3.